The van der Waals surface area contributed by atoms with Crippen LogP contribution < -0.4 is 0 Å². The first-order valence-corrected chi connectivity index (χ1v) is 22.7. The molecule has 16 nitrogen and oxygen atoms in total. The number of aliphatic hydroxyl groups is 8. The molecule has 63 heavy (non-hydrogen) atoms. The lowest BCUT2D eigenvalue weighted by Crippen LogP contribution is -2.59. The second-order valence-corrected chi connectivity index (χ2v) is 15.8. The summed E-state index contributed by atoms with van der Waals surface area (Å²) in [6.07, 6.45) is 13.2. The third kappa shape index (κ3) is 26.7. The minimum atomic E-state index is -1.67. The molecule has 1 saturated heterocycles. The Morgan fingerprint density at radius 2 is 1.33 bits per heavy atom. The number of aliphatic hydroxyl groups excluding tert-OH is 8. The Balaban J connectivity index is 3.44. The highest BCUT2D eigenvalue weighted by molar-refractivity contribution is 5.69. The number of allylic oxidation sites excluding steroid dienone is 3. The van der Waals surface area contributed by atoms with Crippen molar-refractivity contribution in [3.8, 4) is 0 Å². The third-order valence-electron chi connectivity index (χ3n) is 10.3. The van der Waals surface area contributed by atoms with Gasteiger partial charge in [-0.1, -0.05) is 93.9 Å². The van der Waals surface area contributed by atoms with Crippen molar-refractivity contribution < 1.29 is 78.9 Å². The van der Waals surface area contributed by atoms with Gasteiger partial charge in [-0.25, -0.2) is 0 Å². The standard InChI is InChI=1S/C47H80O16/c1-5-7-9-11-12-16-23-37(51)40(62-39(24-17-10-8-6-2)38(52)29-27-34(49)21-19-20-26-43(54)59-4)30-28-36(22-15-13-14-18-25-42(53)58-3)60-33-41-44(55)45(56)46(57)47(63-41)61-32-35(50)31-48/h10,12-13,15-17,27-30,34-41,44-52,55-57H,5-9,11,14,18-26,31-33H2,1-4H3. The lowest BCUT2D eigenvalue weighted by Gasteiger charge is -2.40. The van der Waals surface area contributed by atoms with Gasteiger partial charge in [0.05, 0.1) is 64.6 Å². The Bertz CT molecular complexity index is 1320. The zero-order valence-electron chi connectivity index (χ0n) is 38.0. The summed E-state index contributed by atoms with van der Waals surface area (Å²) < 4.78 is 33.2. The Labute approximate surface area is 374 Å². The summed E-state index contributed by atoms with van der Waals surface area (Å²) in [4.78, 5) is 23.0. The highest BCUT2D eigenvalue weighted by atomic mass is 16.7. The van der Waals surface area contributed by atoms with Crippen molar-refractivity contribution in [3.63, 3.8) is 0 Å². The summed E-state index contributed by atoms with van der Waals surface area (Å²) in [5, 5.41) is 84.4. The van der Waals surface area contributed by atoms with E-state index in [1.54, 1.807) is 12.2 Å². The first-order chi connectivity index (χ1) is 30.3. The largest absolute Gasteiger partial charge is 0.469 e. The van der Waals surface area contributed by atoms with Crippen LogP contribution in [-0.4, -0.2) is 160 Å². The Kier molecular flexibility index (Phi) is 33.6. The van der Waals surface area contributed by atoms with E-state index in [1.165, 1.54) is 26.4 Å². The normalized spacial score (nSPS) is 23.1. The molecule has 1 rings (SSSR count). The van der Waals surface area contributed by atoms with E-state index in [-0.39, 0.29) is 44.2 Å². The van der Waals surface area contributed by atoms with Crippen LogP contribution in [0.3, 0.4) is 0 Å². The van der Waals surface area contributed by atoms with Crippen LogP contribution in [0.1, 0.15) is 117 Å². The van der Waals surface area contributed by atoms with Gasteiger partial charge in [0.25, 0.3) is 0 Å². The van der Waals surface area contributed by atoms with E-state index in [0.29, 0.717) is 38.5 Å². The number of methoxy groups -OCH3 is 2. The molecular weight excluding hydrogens is 821 g/mol. The van der Waals surface area contributed by atoms with Crippen molar-refractivity contribution in [2.45, 2.75) is 190 Å². The van der Waals surface area contributed by atoms with Crippen molar-refractivity contribution in [2.75, 3.05) is 34.0 Å². The van der Waals surface area contributed by atoms with Crippen LogP contribution in [0.2, 0.25) is 0 Å². The van der Waals surface area contributed by atoms with Crippen LogP contribution in [0, 0.1) is 0 Å². The van der Waals surface area contributed by atoms with Crippen LogP contribution >= 0.6 is 0 Å². The highest BCUT2D eigenvalue weighted by Crippen LogP contribution is 2.24. The average molecular weight is 901 g/mol. The summed E-state index contributed by atoms with van der Waals surface area (Å²) in [5.41, 5.74) is 0. The fourth-order valence-corrected chi connectivity index (χ4v) is 6.36. The smallest absolute Gasteiger partial charge is 0.305 e. The number of esters is 2. The summed E-state index contributed by atoms with van der Waals surface area (Å²) in [7, 11) is 2.66. The third-order valence-corrected chi connectivity index (χ3v) is 10.3. The Morgan fingerprint density at radius 3 is 2.00 bits per heavy atom. The maximum Gasteiger partial charge on any atom is 0.305 e. The molecule has 1 heterocycles. The molecule has 0 spiro atoms. The van der Waals surface area contributed by atoms with Gasteiger partial charge in [0, 0.05) is 12.8 Å². The molecule has 12 unspecified atom stereocenters. The SMILES string of the molecule is CCCC=CCC(OC(C=CC(CC=CCCCC(=O)OC)OCC1OC(OCC(O)CO)C(O)C(O)C1O)C(O)CC=CCCCCC)C(O)C=CC(O)CCCCC(=O)OC. The van der Waals surface area contributed by atoms with Crippen molar-refractivity contribution in [3.05, 3.63) is 60.8 Å². The molecule has 0 aromatic heterocycles. The van der Waals surface area contributed by atoms with Gasteiger partial charge in [-0.2, -0.15) is 0 Å². The lowest BCUT2D eigenvalue weighted by atomic mass is 9.99. The van der Waals surface area contributed by atoms with Crippen molar-refractivity contribution in [1.82, 2.24) is 0 Å². The molecule has 0 aromatic carbocycles. The van der Waals surface area contributed by atoms with E-state index in [4.69, 9.17) is 28.8 Å². The van der Waals surface area contributed by atoms with Crippen LogP contribution in [0.4, 0.5) is 0 Å². The maximum atomic E-state index is 11.6. The zero-order valence-corrected chi connectivity index (χ0v) is 38.0. The monoisotopic (exact) mass is 901 g/mol. The average Bonchev–Trinajstić information content (AvgIpc) is 3.28. The summed E-state index contributed by atoms with van der Waals surface area (Å²) in [5.74, 6) is -0.636. The molecule has 364 valence electrons. The molecule has 0 saturated carbocycles. The molecule has 0 aromatic rings. The second-order valence-electron chi connectivity index (χ2n) is 15.8. The van der Waals surface area contributed by atoms with Gasteiger partial charge in [-0.3, -0.25) is 9.59 Å². The fourth-order valence-electron chi connectivity index (χ4n) is 6.36. The highest BCUT2D eigenvalue weighted by Gasteiger charge is 2.44. The molecule has 1 aliphatic rings. The van der Waals surface area contributed by atoms with E-state index in [1.807, 2.05) is 36.5 Å². The number of rotatable bonds is 36. The van der Waals surface area contributed by atoms with E-state index in [0.717, 1.165) is 38.5 Å². The van der Waals surface area contributed by atoms with E-state index in [2.05, 4.69) is 18.6 Å². The van der Waals surface area contributed by atoms with E-state index < -0.39 is 86.6 Å². The number of ether oxygens (including phenoxy) is 6. The van der Waals surface area contributed by atoms with Gasteiger partial charge >= 0.3 is 11.9 Å². The summed E-state index contributed by atoms with van der Waals surface area (Å²) >= 11 is 0. The van der Waals surface area contributed by atoms with Gasteiger partial charge in [-0.05, 0) is 70.6 Å². The predicted molar refractivity (Wildman–Crippen MR) is 237 cm³/mol. The zero-order chi connectivity index (χ0) is 46.8. The Morgan fingerprint density at radius 1 is 0.683 bits per heavy atom. The second kappa shape index (κ2) is 36.4. The van der Waals surface area contributed by atoms with Crippen molar-refractivity contribution in [1.29, 1.82) is 0 Å². The van der Waals surface area contributed by atoms with Gasteiger partial charge in [0.2, 0.25) is 0 Å². The summed E-state index contributed by atoms with van der Waals surface area (Å²) in [6.45, 7) is 2.88. The molecule has 12 atom stereocenters. The minimum absolute atomic E-state index is 0.246. The molecule has 0 aliphatic carbocycles. The van der Waals surface area contributed by atoms with E-state index in [9.17, 15) is 45.3 Å². The van der Waals surface area contributed by atoms with Crippen LogP contribution in [0.5, 0.6) is 0 Å². The van der Waals surface area contributed by atoms with Crippen LogP contribution in [0.15, 0.2) is 60.8 Å². The number of carbonyl (C=O) groups excluding carboxylic acids is 2. The Hall–Kier alpha value is -2.84. The van der Waals surface area contributed by atoms with Gasteiger partial charge in [0.1, 0.15) is 36.6 Å². The van der Waals surface area contributed by atoms with Crippen molar-refractivity contribution in [2.24, 2.45) is 0 Å². The molecule has 0 radical (unpaired) electrons. The molecule has 1 fully saturated rings. The quantitative estimate of drug-likeness (QED) is 0.0253. The minimum Gasteiger partial charge on any atom is -0.469 e. The topological polar surface area (TPSA) is 251 Å². The first-order valence-electron chi connectivity index (χ1n) is 22.7. The molecular formula is C47H80O16. The fraction of sp³-hybridized carbons (Fsp3) is 0.745. The lowest BCUT2D eigenvalue weighted by molar-refractivity contribution is -0.307. The van der Waals surface area contributed by atoms with Crippen molar-refractivity contribution >= 4 is 11.9 Å². The van der Waals surface area contributed by atoms with E-state index >= 15 is 0 Å². The maximum absolute atomic E-state index is 11.6. The molecule has 0 bridgehead atoms. The summed E-state index contributed by atoms with van der Waals surface area (Å²) in [6, 6.07) is 0. The van der Waals surface area contributed by atoms with Crippen LogP contribution in [0.25, 0.3) is 0 Å². The van der Waals surface area contributed by atoms with Gasteiger partial charge in [0.15, 0.2) is 6.29 Å². The number of carbonyl (C=O) groups is 2. The molecule has 16 heteroatoms. The molecule has 1 aliphatic heterocycles. The van der Waals surface area contributed by atoms with Gasteiger partial charge < -0.3 is 69.3 Å². The number of hydrogen-bond acceptors (Lipinski definition) is 16. The number of unbranched alkanes of at least 4 members (excludes halogenated alkanes) is 6. The van der Waals surface area contributed by atoms with Crippen LogP contribution in [-0.2, 0) is 38.0 Å². The first kappa shape index (κ1) is 58.2. The number of hydrogen-bond donors (Lipinski definition) is 8. The molecule has 0 amide bonds. The predicted octanol–water partition coefficient (Wildman–Crippen LogP) is 3.79. The van der Waals surface area contributed by atoms with Gasteiger partial charge in [-0.15, -0.1) is 0 Å². The molecule has 8 N–H and O–H groups in total.